The van der Waals surface area contributed by atoms with Gasteiger partial charge in [0.25, 0.3) is 0 Å². The van der Waals surface area contributed by atoms with Crippen molar-refractivity contribution in [1.29, 1.82) is 0 Å². The van der Waals surface area contributed by atoms with E-state index >= 15 is 0 Å². The van der Waals surface area contributed by atoms with Gasteiger partial charge >= 0.3 is 0 Å². The van der Waals surface area contributed by atoms with E-state index in [1.807, 2.05) is 24.3 Å². The normalized spacial score (nSPS) is 17.5. The van der Waals surface area contributed by atoms with Gasteiger partial charge in [-0.15, -0.1) is 0 Å². The molecule has 1 unspecified atom stereocenters. The minimum absolute atomic E-state index is 0.430. The monoisotopic (exact) mass is 321 g/mol. The summed E-state index contributed by atoms with van der Waals surface area (Å²) in [5.74, 6) is 0. The van der Waals surface area contributed by atoms with Gasteiger partial charge in [0.1, 0.15) is 0 Å². The number of aliphatic hydroxyl groups excluding tert-OH is 1. The third kappa shape index (κ3) is 3.87. The Kier molecular flexibility index (Phi) is 5.10. The molecule has 1 aliphatic heterocycles. The molecular weight excluding hydrogens is 302 g/mol. The molecule has 2 heterocycles. The summed E-state index contributed by atoms with van der Waals surface area (Å²) in [6.07, 6.45) is 1.33. The number of ether oxygens (including phenoxy) is 1. The van der Waals surface area contributed by atoms with Crippen molar-refractivity contribution in [2.24, 2.45) is 0 Å². The van der Waals surface area contributed by atoms with Crippen molar-refractivity contribution < 1.29 is 9.84 Å². The summed E-state index contributed by atoms with van der Waals surface area (Å²) < 4.78 is 5.31. The molecule has 1 aromatic carbocycles. The molecule has 5 nitrogen and oxygen atoms in total. The zero-order valence-corrected chi connectivity index (χ0v) is 13.1. The van der Waals surface area contributed by atoms with E-state index in [1.54, 1.807) is 6.20 Å². The Morgan fingerprint density at radius 1 is 1.32 bits per heavy atom. The number of β-amino-alcohol motifs (C(OH)–C–C–N with tert-alkyl or cyclic N) is 1. The lowest BCUT2D eigenvalue weighted by atomic mass is 10.2. The number of aromatic nitrogens is 1. The number of aliphatic hydroxyl groups is 1. The zero-order valence-electron chi connectivity index (χ0n) is 12.3. The van der Waals surface area contributed by atoms with E-state index in [-0.39, 0.29) is 0 Å². The topological polar surface area (TPSA) is 57.6 Å². The number of benzene rings is 1. The molecule has 1 saturated heterocycles. The molecule has 2 aromatic rings. The average molecular weight is 322 g/mol. The Morgan fingerprint density at radius 2 is 2.14 bits per heavy atom. The van der Waals surface area contributed by atoms with E-state index < -0.39 is 6.10 Å². The highest BCUT2D eigenvalue weighted by Gasteiger charge is 2.15. The quantitative estimate of drug-likeness (QED) is 0.882. The molecule has 6 heteroatoms. The SMILES string of the molecule is OC(CNc1ccnc2ccc(Cl)cc12)CN1CCOCC1. The maximum Gasteiger partial charge on any atom is 0.0839 e. The van der Waals surface area contributed by atoms with Crippen molar-refractivity contribution in [1.82, 2.24) is 9.88 Å². The fourth-order valence-corrected chi connectivity index (χ4v) is 2.82. The Labute approximate surface area is 134 Å². The van der Waals surface area contributed by atoms with Crippen LogP contribution in [0.3, 0.4) is 0 Å². The smallest absolute Gasteiger partial charge is 0.0839 e. The van der Waals surface area contributed by atoms with Gasteiger partial charge in [0, 0.05) is 48.5 Å². The lowest BCUT2D eigenvalue weighted by Gasteiger charge is -2.28. The van der Waals surface area contributed by atoms with Crippen LogP contribution in [0, 0.1) is 0 Å². The number of morpholine rings is 1. The lowest BCUT2D eigenvalue weighted by molar-refractivity contribution is 0.0171. The first-order valence-corrected chi connectivity index (χ1v) is 7.86. The molecule has 0 spiro atoms. The zero-order chi connectivity index (χ0) is 15.4. The fraction of sp³-hybridized carbons (Fsp3) is 0.438. The van der Waals surface area contributed by atoms with Gasteiger partial charge < -0.3 is 15.2 Å². The fourth-order valence-electron chi connectivity index (χ4n) is 2.65. The Morgan fingerprint density at radius 3 is 2.95 bits per heavy atom. The number of halogens is 1. The number of rotatable bonds is 5. The summed E-state index contributed by atoms with van der Waals surface area (Å²) in [7, 11) is 0. The molecule has 1 aromatic heterocycles. The summed E-state index contributed by atoms with van der Waals surface area (Å²) in [5, 5.41) is 15.1. The number of fused-ring (bicyclic) bond motifs is 1. The molecule has 0 aliphatic carbocycles. The predicted molar refractivity (Wildman–Crippen MR) is 88.5 cm³/mol. The molecule has 22 heavy (non-hydrogen) atoms. The maximum atomic E-state index is 10.2. The average Bonchev–Trinajstić information content (AvgIpc) is 2.54. The second-order valence-corrected chi connectivity index (χ2v) is 5.90. The van der Waals surface area contributed by atoms with Gasteiger partial charge in [-0.25, -0.2) is 0 Å². The van der Waals surface area contributed by atoms with Crippen LogP contribution in [-0.4, -0.2) is 60.5 Å². The summed E-state index contributed by atoms with van der Waals surface area (Å²) >= 11 is 6.06. The molecule has 1 fully saturated rings. The minimum atomic E-state index is -0.430. The van der Waals surface area contributed by atoms with Crippen molar-refractivity contribution in [3.63, 3.8) is 0 Å². The summed E-state index contributed by atoms with van der Waals surface area (Å²) in [5.41, 5.74) is 1.82. The van der Waals surface area contributed by atoms with Crippen LogP contribution < -0.4 is 5.32 Å². The van der Waals surface area contributed by atoms with E-state index in [2.05, 4.69) is 15.2 Å². The van der Waals surface area contributed by atoms with Gasteiger partial charge in [-0.3, -0.25) is 9.88 Å². The van der Waals surface area contributed by atoms with Crippen LogP contribution in [0.5, 0.6) is 0 Å². The highest BCUT2D eigenvalue weighted by atomic mass is 35.5. The molecule has 3 rings (SSSR count). The number of nitrogens with one attached hydrogen (secondary N) is 1. The highest BCUT2D eigenvalue weighted by molar-refractivity contribution is 6.31. The predicted octanol–water partition coefficient (Wildman–Crippen LogP) is 1.99. The van der Waals surface area contributed by atoms with Crippen LogP contribution in [0.2, 0.25) is 5.02 Å². The highest BCUT2D eigenvalue weighted by Crippen LogP contribution is 2.24. The van der Waals surface area contributed by atoms with Gasteiger partial charge in [-0.1, -0.05) is 11.6 Å². The number of anilines is 1. The molecule has 1 atom stereocenters. The van der Waals surface area contributed by atoms with E-state index in [0.717, 1.165) is 42.9 Å². The largest absolute Gasteiger partial charge is 0.390 e. The van der Waals surface area contributed by atoms with Crippen molar-refractivity contribution >= 4 is 28.2 Å². The molecule has 0 saturated carbocycles. The van der Waals surface area contributed by atoms with Crippen LogP contribution in [-0.2, 0) is 4.74 Å². The summed E-state index contributed by atoms with van der Waals surface area (Å²) in [6.45, 7) is 4.39. The molecular formula is C16H20ClN3O2. The van der Waals surface area contributed by atoms with Gasteiger partial charge in [-0.05, 0) is 24.3 Å². The summed E-state index contributed by atoms with van der Waals surface area (Å²) in [4.78, 5) is 6.54. The van der Waals surface area contributed by atoms with Gasteiger partial charge in [0.15, 0.2) is 0 Å². The van der Waals surface area contributed by atoms with Crippen molar-refractivity contribution in [2.45, 2.75) is 6.10 Å². The van der Waals surface area contributed by atoms with Crippen molar-refractivity contribution in [3.8, 4) is 0 Å². The van der Waals surface area contributed by atoms with Crippen molar-refractivity contribution in [2.75, 3.05) is 44.7 Å². The number of nitrogens with zero attached hydrogens (tertiary/aromatic N) is 2. The first-order chi connectivity index (χ1) is 10.7. The van der Waals surface area contributed by atoms with Crippen LogP contribution in [0.25, 0.3) is 10.9 Å². The first kappa shape index (κ1) is 15.5. The van der Waals surface area contributed by atoms with Crippen LogP contribution in [0.15, 0.2) is 30.5 Å². The van der Waals surface area contributed by atoms with E-state index in [1.165, 1.54) is 0 Å². The second-order valence-electron chi connectivity index (χ2n) is 5.47. The Balaban J connectivity index is 1.62. The van der Waals surface area contributed by atoms with E-state index in [9.17, 15) is 5.11 Å². The molecule has 1 aliphatic rings. The van der Waals surface area contributed by atoms with Crippen LogP contribution >= 0.6 is 11.6 Å². The molecule has 2 N–H and O–H groups in total. The summed E-state index contributed by atoms with van der Waals surface area (Å²) in [6, 6.07) is 7.52. The lowest BCUT2D eigenvalue weighted by Crippen LogP contribution is -2.42. The maximum absolute atomic E-state index is 10.2. The molecule has 118 valence electrons. The van der Waals surface area contributed by atoms with Gasteiger partial charge in [-0.2, -0.15) is 0 Å². The van der Waals surface area contributed by atoms with Crippen LogP contribution in [0.1, 0.15) is 0 Å². The third-order valence-corrected chi connectivity index (χ3v) is 4.04. The molecule has 0 radical (unpaired) electrons. The minimum Gasteiger partial charge on any atom is -0.390 e. The molecule has 0 amide bonds. The van der Waals surface area contributed by atoms with Crippen LogP contribution in [0.4, 0.5) is 5.69 Å². The van der Waals surface area contributed by atoms with E-state index in [4.69, 9.17) is 16.3 Å². The van der Waals surface area contributed by atoms with Gasteiger partial charge in [0.05, 0.1) is 24.8 Å². The second kappa shape index (κ2) is 7.24. The standard InChI is InChI=1S/C16H20ClN3O2/c17-12-1-2-15-14(9-12)16(3-4-18-15)19-10-13(21)11-20-5-7-22-8-6-20/h1-4,9,13,21H,5-8,10-11H2,(H,18,19). The number of hydrogen-bond donors (Lipinski definition) is 2. The Hall–Kier alpha value is -1.40. The number of hydrogen-bond acceptors (Lipinski definition) is 5. The number of pyridine rings is 1. The third-order valence-electron chi connectivity index (χ3n) is 3.80. The molecule has 0 bridgehead atoms. The first-order valence-electron chi connectivity index (χ1n) is 7.49. The Bertz CT molecular complexity index is 632. The van der Waals surface area contributed by atoms with E-state index in [0.29, 0.717) is 18.1 Å². The van der Waals surface area contributed by atoms with Gasteiger partial charge in [0.2, 0.25) is 0 Å². The van der Waals surface area contributed by atoms with Crippen molar-refractivity contribution in [3.05, 3.63) is 35.5 Å².